The lowest BCUT2D eigenvalue weighted by Gasteiger charge is -2.10. The first-order valence-corrected chi connectivity index (χ1v) is 10.5. The van der Waals surface area contributed by atoms with Crippen LogP contribution in [0, 0.1) is 17.0 Å². The van der Waals surface area contributed by atoms with Gasteiger partial charge in [0, 0.05) is 41.2 Å². The summed E-state index contributed by atoms with van der Waals surface area (Å²) in [6.45, 7) is 1.84. The molecule has 0 saturated carbocycles. The van der Waals surface area contributed by atoms with Crippen molar-refractivity contribution in [2.24, 2.45) is 0 Å². The van der Waals surface area contributed by atoms with Crippen molar-refractivity contribution in [2.45, 2.75) is 6.92 Å². The van der Waals surface area contributed by atoms with Crippen LogP contribution in [-0.4, -0.2) is 20.8 Å². The second kappa shape index (κ2) is 10.2. The molecular formula is C26H21N5O3. The van der Waals surface area contributed by atoms with Gasteiger partial charge in [-0.3, -0.25) is 14.9 Å². The summed E-state index contributed by atoms with van der Waals surface area (Å²) in [6.07, 6.45) is 2.86. The SMILES string of the molecule is Cc1nc(Nc2cccc(NC(=O)/C=C/c3cccc([N+](=O)[O-])c3)c2)cc(-c2ccccc2)n1. The largest absolute Gasteiger partial charge is 0.340 e. The van der Waals surface area contributed by atoms with Crippen LogP contribution in [0.2, 0.25) is 0 Å². The van der Waals surface area contributed by atoms with Crippen LogP contribution in [0.25, 0.3) is 17.3 Å². The molecule has 0 atom stereocenters. The number of anilines is 3. The zero-order valence-corrected chi connectivity index (χ0v) is 18.3. The van der Waals surface area contributed by atoms with Crippen LogP contribution in [0.15, 0.2) is 91.0 Å². The molecule has 0 spiro atoms. The third-order valence-corrected chi connectivity index (χ3v) is 4.82. The number of nitro benzene ring substituents is 1. The molecule has 1 amide bonds. The average Bonchev–Trinajstić information content (AvgIpc) is 2.83. The van der Waals surface area contributed by atoms with Crippen LogP contribution < -0.4 is 10.6 Å². The molecule has 0 aliphatic rings. The van der Waals surface area contributed by atoms with E-state index >= 15 is 0 Å². The van der Waals surface area contributed by atoms with Crippen LogP contribution in [-0.2, 0) is 4.79 Å². The molecule has 8 nitrogen and oxygen atoms in total. The molecule has 3 aromatic carbocycles. The lowest BCUT2D eigenvalue weighted by molar-refractivity contribution is -0.384. The predicted octanol–water partition coefficient (Wildman–Crippen LogP) is 5.76. The minimum atomic E-state index is -0.474. The first kappa shape index (κ1) is 22.3. The molecule has 1 aromatic heterocycles. The Hall–Kier alpha value is -4.85. The van der Waals surface area contributed by atoms with E-state index in [1.165, 1.54) is 24.3 Å². The zero-order chi connectivity index (χ0) is 23.9. The van der Waals surface area contributed by atoms with E-state index in [4.69, 9.17) is 0 Å². The number of aromatic nitrogens is 2. The predicted molar refractivity (Wildman–Crippen MR) is 133 cm³/mol. The summed E-state index contributed by atoms with van der Waals surface area (Å²) in [5.74, 6) is 0.924. The van der Waals surface area contributed by atoms with E-state index in [0.717, 1.165) is 16.9 Å². The normalized spacial score (nSPS) is 10.7. The Morgan fingerprint density at radius 1 is 0.912 bits per heavy atom. The molecule has 0 bridgehead atoms. The molecule has 168 valence electrons. The number of carbonyl (C=O) groups excluding carboxylic acids is 1. The minimum Gasteiger partial charge on any atom is -0.340 e. The van der Waals surface area contributed by atoms with Crippen LogP contribution in [0.4, 0.5) is 22.9 Å². The second-order valence-electron chi connectivity index (χ2n) is 7.43. The van der Waals surface area contributed by atoms with E-state index in [2.05, 4.69) is 20.6 Å². The lowest BCUT2D eigenvalue weighted by Crippen LogP contribution is -2.08. The Bertz CT molecular complexity index is 1370. The monoisotopic (exact) mass is 451 g/mol. The highest BCUT2D eigenvalue weighted by molar-refractivity contribution is 6.02. The van der Waals surface area contributed by atoms with Gasteiger partial charge in [-0.05, 0) is 36.8 Å². The maximum Gasteiger partial charge on any atom is 0.270 e. The first-order chi connectivity index (χ1) is 16.5. The summed E-state index contributed by atoms with van der Waals surface area (Å²) in [5.41, 5.74) is 3.68. The fourth-order valence-electron chi connectivity index (χ4n) is 3.31. The molecule has 8 heteroatoms. The molecule has 34 heavy (non-hydrogen) atoms. The van der Waals surface area contributed by atoms with Crippen LogP contribution >= 0.6 is 0 Å². The van der Waals surface area contributed by atoms with Gasteiger partial charge in [0.05, 0.1) is 10.6 Å². The minimum absolute atomic E-state index is 0.0308. The highest BCUT2D eigenvalue weighted by Gasteiger charge is 2.07. The Morgan fingerprint density at radius 3 is 2.47 bits per heavy atom. The second-order valence-corrected chi connectivity index (χ2v) is 7.43. The number of hydrogen-bond acceptors (Lipinski definition) is 6. The smallest absolute Gasteiger partial charge is 0.270 e. The van der Waals surface area contributed by atoms with Gasteiger partial charge in [0.25, 0.3) is 5.69 Å². The highest BCUT2D eigenvalue weighted by atomic mass is 16.6. The maximum atomic E-state index is 12.3. The van der Waals surface area contributed by atoms with E-state index in [1.54, 1.807) is 24.3 Å². The molecule has 2 N–H and O–H groups in total. The summed E-state index contributed by atoms with van der Waals surface area (Å²) in [7, 11) is 0. The van der Waals surface area contributed by atoms with Crippen molar-refractivity contribution >= 4 is 34.9 Å². The lowest BCUT2D eigenvalue weighted by atomic mass is 10.1. The Balaban J connectivity index is 1.45. The Kier molecular flexibility index (Phi) is 6.69. The van der Waals surface area contributed by atoms with Crippen molar-refractivity contribution < 1.29 is 9.72 Å². The molecule has 0 aliphatic carbocycles. The summed E-state index contributed by atoms with van der Waals surface area (Å²) >= 11 is 0. The number of nitrogens with one attached hydrogen (secondary N) is 2. The number of nitro groups is 1. The van der Waals surface area contributed by atoms with E-state index < -0.39 is 4.92 Å². The molecular weight excluding hydrogens is 430 g/mol. The summed E-state index contributed by atoms with van der Waals surface area (Å²) in [5, 5.41) is 16.9. The number of aryl methyl sites for hydroxylation is 1. The third-order valence-electron chi connectivity index (χ3n) is 4.82. The molecule has 0 fully saturated rings. The fraction of sp³-hybridized carbons (Fsp3) is 0.0385. The zero-order valence-electron chi connectivity index (χ0n) is 18.3. The summed E-state index contributed by atoms with van der Waals surface area (Å²) in [6, 6.07) is 25.0. The van der Waals surface area contributed by atoms with Gasteiger partial charge in [-0.2, -0.15) is 0 Å². The van der Waals surface area contributed by atoms with Gasteiger partial charge in [-0.15, -0.1) is 0 Å². The van der Waals surface area contributed by atoms with Gasteiger partial charge in [0.2, 0.25) is 5.91 Å². The number of nitrogens with zero attached hydrogens (tertiary/aromatic N) is 3. The van der Waals surface area contributed by atoms with E-state index in [9.17, 15) is 14.9 Å². The van der Waals surface area contributed by atoms with Gasteiger partial charge in [0.15, 0.2) is 0 Å². The quantitative estimate of drug-likeness (QED) is 0.210. The maximum absolute atomic E-state index is 12.3. The van der Waals surface area contributed by atoms with E-state index in [-0.39, 0.29) is 11.6 Å². The topological polar surface area (TPSA) is 110 Å². The van der Waals surface area contributed by atoms with Crippen molar-refractivity contribution in [1.29, 1.82) is 0 Å². The molecule has 0 radical (unpaired) electrons. The van der Waals surface area contributed by atoms with Crippen molar-refractivity contribution in [1.82, 2.24) is 9.97 Å². The summed E-state index contributed by atoms with van der Waals surface area (Å²) in [4.78, 5) is 31.7. The van der Waals surface area contributed by atoms with Crippen molar-refractivity contribution in [2.75, 3.05) is 10.6 Å². The average molecular weight is 451 g/mol. The number of amides is 1. The van der Waals surface area contributed by atoms with Gasteiger partial charge < -0.3 is 10.6 Å². The molecule has 0 unspecified atom stereocenters. The summed E-state index contributed by atoms with van der Waals surface area (Å²) < 4.78 is 0. The molecule has 4 rings (SSSR count). The number of benzene rings is 3. The van der Waals surface area contributed by atoms with Crippen LogP contribution in [0.3, 0.4) is 0 Å². The highest BCUT2D eigenvalue weighted by Crippen LogP contribution is 2.23. The van der Waals surface area contributed by atoms with Crippen molar-refractivity contribution in [3.8, 4) is 11.3 Å². The van der Waals surface area contributed by atoms with E-state index in [0.29, 0.717) is 22.9 Å². The van der Waals surface area contributed by atoms with Crippen LogP contribution in [0.1, 0.15) is 11.4 Å². The first-order valence-electron chi connectivity index (χ1n) is 10.5. The number of non-ortho nitro benzene ring substituents is 1. The third kappa shape index (κ3) is 5.89. The van der Waals surface area contributed by atoms with E-state index in [1.807, 2.05) is 55.5 Å². The van der Waals surface area contributed by atoms with Crippen molar-refractivity contribution in [3.63, 3.8) is 0 Å². The standard InChI is InChI=1S/C26H21N5O3/c1-18-27-24(20-8-3-2-4-9-20)17-25(28-18)29-21-10-6-11-22(16-21)30-26(32)14-13-19-7-5-12-23(15-19)31(33)34/h2-17H,1H3,(H,30,32)(H,27,28,29)/b14-13+. The molecule has 4 aromatic rings. The van der Waals surface area contributed by atoms with Gasteiger partial charge in [-0.1, -0.05) is 48.5 Å². The number of rotatable bonds is 7. The molecule has 1 heterocycles. The van der Waals surface area contributed by atoms with Gasteiger partial charge in [0.1, 0.15) is 11.6 Å². The number of carbonyl (C=O) groups is 1. The molecule has 0 saturated heterocycles. The fourth-order valence-corrected chi connectivity index (χ4v) is 3.31. The van der Waals surface area contributed by atoms with Gasteiger partial charge in [-0.25, -0.2) is 9.97 Å². The van der Waals surface area contributed by atoms with Crippen molar-refractivity contribution in [3.05, 3.63) is 113 Å². The Labute approximate surface area is 196 Å². The Morgan fingerprint density at radius 2 is 1.68 bits per heavy atom. The van der Waals surface area contributed by atoms with Gasteiger partial charge >= 0.3 is 0 Å². The number of hydrogen-bond donors (Lipinski definition) is 2. The molecule has 0 aliphatic heterocycles. The van der Waals surface area contributed by atoms with Crippen LogP contribution in [0.5, 0.6) is 0 Å².